The highest BCUT2D eigenvalue weighted by atomic mass is 16.6. The molecule has 1 fully saturated rings. The molecule has 0 unspecified atom stereocenters. The molecule has 0 aliphatic carbocycles. The number of likely N-dealkylation sites (N-methyl/N-ethyl adjacent to an activating group) is 1. The lowest BCUT2D eigenvalue weighted by atomic mass is 10.1. The Balaban J connectivity index is 2.57. The highest BCUT2D eigenvalue weighted by Crippen LogP contribution is 2.20. The largest absolute Gasteiger partial charge is 0.459 e. The Morgan fingerprint density at radius 1 is 1.41 bits per heavy atom. The minimum absolute atomic E-state index is 0.0690. The molecule has 1 heterocycles. The number of carbonyl (C=O) groups excluding carboxylic acids is 2. The second-order valence-electron chi connectivity index (χ2n) is 5.34. The fourth-order valence-corrected chi connectivity index (χ4v) is 1.92. The second-order valence-corrected chi connectivity index (χ2v) is 5.34. The van der Waals surface area contributed by atoms with E-state index in [9.17, 15) is 9.59 Å². The van der Waals surface area contributed by atoms with Crippen molar-refractivity contribution >= 4 is 11.9 Å². The van der Waals surface area contributed by atoms with Gasteiger partial charge in [-0.25, -0.2) is 0 Å². The van der Waals surface area contributed by atoms with Crippen molar-refractivity contribution in [2.75, 3.05) is 20.1 Å². The molecule has 1 atom stereocenters. The molecule has 1 aliphatic rings. The van der Waals surface area contributed by atoms with Crippen LogP contribution in [0.2, 0.25) is 0 Å². The molecule has 1 N–H and O–H groups in total. The number of nitrogens with one attached hydrogen (secondary N) is 1. The average molecular weight is 242 g/mol. The summed E-state index contributed by atoms with van der Waals surface area (Å²) in [6, 6.07) is -0.272. The van der Waals surface area contributed by atoms with Crippen LogP contribution in [0, 0.1) is 0 Å². The van der Waals surface area contributed by atoms with Crippen molar-refractivity contribution in [1.29, 1.82) is 0 Å². The number of esters is 1. The molecule has 0 radical (unpaired) electrons. The molecular weight excluding hydrogens is 220 g/mol. The van der Waals surface area contributed by atoms with Gasteiger partial charge in [0.25, 0.3) is 0 Å². The quantitative estimate of drug-likeness (QED) is 0.734. The standard InChI is InChI=1S/C12H22N2O3/c1-12(2,3)17-11(16)9-6-5-7-14(9)8-10(15)13-4/h9H,5-8H2,1-4H3,(H,13,15)/t9-/m1/s1. The molecule has 0 aromatic heterocycles. The van der Waals surface area contributed by atoms with Gasteiger partial charge in [-0.2, -0.15) is 0 Å². The van der Waals surface area contributed by atoms with Gasteiger partial charge in [0.2, 0.25) is 5.91 Å². The zero-order chi connectivity index (χ0) is 13.1. The van der Waals surface area contributed by atoms with E-state index in [1.165, 1.54) is 0 Å². The number of likely N-dealkylation sites (tertiary alicyclic amines) is 1. The van der Waals surface area contributed by atoms with Crippen LogP contribution in [-0.4, -0.2) is 48.6 Å². The van der Waals surface area contributed by atoms with Crippen LogP contribution < -0.4 is 5.32 Å². The van der Waals surface area contributed by atoms with E-state index in [2.05, 4.69) is 5.32 Å². The fourth-order valence-electron chi connectivity index (χ4n) is 1.92. The highest BCUT2D eigenvalue weighted by Gasteiger charge is 2.34. The molecular formula is C12H22N2O3. The van der Waals surface area contributed by atoms with Gasteiger partial charge in [-0.1, -0.05) is 0 Å². The van der Waals surface area contributed by atoms with Gasteiger partial charge in [0.1, 0.15) is 11.6 Å². The van der Waals surface area contributed by atoms with Gasteiger partial charge in [0.15, 0.2) is 0 Å². The third kappa shape index (κ3) is 4.34. The number of rotatable bonds is 3. The van der Waals surface area contributed by atoms with Crippen LogP contribution in [0.15, 0.2) is 0 Å². The van der Waals surface area contributed by atoms with E-state index in [1.54, 1.807) is 7.05 Å². The van der Waals surface area contributed by atoms with E-state index in [4.69, 9.17) is 4.74 Å². The Kier molecular flexibility index (Phi) is 4.51. The first-order chi connectivity index (χ1) is 7.83. The molecule has 1 saturated heterocycles. The summed E-state index contributed by atoms with van der Waals surface area (Å²) in [6.07, 6.45) is 1.70. The van der Waals surface area contributed by atoms with Gasteiger partial charge in [-0.05, 0) is 40.2 Å². The SMILES string of the molecule is CNC(=O)CN1CCC[C@@H]1C(=O)OC(C)(C)C. The Bertz CT molecular complexity index is 297. The predicted molar refractivity (Wildman–Crippen MR) is 64.5 cm³/mol. The first-order valence-corrected chi connectivity index (χ1v) is 6.01. The minimum Gasteiger partial charge on any atom is -0.459 e. The Hall–Kier alpha value is -1.10. The zero-order valence-electron chi connectivity index (χ0n) is 11.1. The molecule has 5 nitrogen and oxygen atoms in total. The van der Waals surface area contributed by atoms with Gasteiger partial charge in [0, 0.05) is 7.05 Å². The summed E-state index contributed by atoms with van der Waals surface area (Å²) in [4.78, 5) is 25.1. The molecule has 5 heteroatoms. The van der Waals surface area contributed by atoms with Crippen LogP contribution in [-0.2, 0) is 14.3 Å². The van der Waals surface area contributed by atoms with Crippen molar-refractivity contribution in [3.63, 3.8) is 0 Å². The van der Waals surface area contributed by atoms with E-state index in [1.807, 2.05) is 25.7 Å². The predicted octanol–water partition coefficient (Wildman–Crippen LogP) is 0.538. The maximum absolute atomic E-state index is 11.9. The number of hydrogen-bond donors (Lipinski definition) is 1. The second kappa shape index (κ2) is 5.49. The van der Waals surface area contributed by atoms with Crippen LogP contribution >= 0.6 is 0 Å². The number of nitrogens with zero attached hydrogens (tertiary/aromatic N) is 1. The summed E-state index contributed by atoms with van der Waals surface area (Å²) in [5.74, 6) is -0.292. The maximum atomic E-state index is 11.9. The van der Waals surface area contributed by atoms with E-state index >= 15 is 0 Å². The van der Waals surface area contributed by atoms with Gasteiger partial charge < -0.3 is 10.1 Å². The van der Waals surface area contributed by atoms with Crippen molar-refractivity contribution in [2.24, 2.45) is 0 Å². The highest BCUT2D eigenvalue weighted by molar-refractivity contribution is 5.80. The van der Waals surface area contributed by atoms with Crippen molar-refractivity contribution in [3.05, 3.63) is 0 Å². The summed E-state index contributed by atoms with van der Waals surface area (Å²) in [7, 11) is 1.60. The Labute approximate surface area is 102 Å². The number of hydrogen-bond acceptors (Lipinski definition) is 4. The van der Waals surface area contributed by atoms with E-state index in [-0.39, 0.29) is 24.5 Å². The summed E-state index contributed by atoms with van der Waals surface area (Å²) >= 11 is 0. The van der Waals surface area contributed by atoms with Crippen LogP contribution in [0.5, 0.6) is 0 Å². The lowest BCUT2D eigenvalue weighted by molar-refractivity contribution is -0.160. The van der Waals surface area contributed by atoms with Crippen LogP contribution in [0.3, 0.4) is 0 Å². The normalized spacial score (nSPS) is 21.3. The van der Waals surface area contributed by atoms with Crippen LogP contribution in [0.1, 0.15) is 33.6 Å². The summed E-state index contributed by atoms with van der Waals surface area (Å²) < 4.78 is 5.35. The lowest BCUT2D eigenvalue weighted by Crippen LogP contribution is -2.44. The van der Waals surface area contributed by atoms with E-state index in [0.717, 1.165) is 19.4 Å². The summed E-state index contributed by atoms with van der Waals surface area (Å²) in [5, 5.41) is 2.57. The molecule has 1 aliphatic heterocycles. The van der Waals surface area contributed by atoms with Gasteiger partial charge in [-0.3, -0.25) is 14.5 Å². The van der Waals surface area contributed by atoms with Gasteiger partial charge in [-0.15, -0.1) is 0 Å². The molecule has 17 heavy (non-hydrogen) atoms. The third-order valence-corrected chi connectivity index (χ3v) is 2.67. The van der Waals surface area contributed by atoms with Gasteiger partial charge >= 0.3 is 5.97 Å². The fraction of sp³-hybridized carbons (Fsp3) is 0.833. The van der Waals surface area contributed by atoms with E-state index < -0.39 is 5.60 Å². The van der Waals surface area contributed by atoms with Crippen LogP contribution in [0.25, 0.3) is 0 Å². The topological polar surface area (TPSA) is 58.6 Å². The molecule has 0 aromatic rings. The first-order valence-electron chi connectivity index (χ1n) is 6.01. The lowest BCUT2D eigenvalue weighted by Gasteiger charge is -2.26. The third-order valence-electron chi connectivity index (χ3n) is 2.67. The zero-order valence-corrected chi connectivity index (χ0v) is 11.1. The monoisotopic (exact) mass is 242 g/mol. The number of amides is 1. The number of ether oxygens (including phenoxy) is 1. The molecule has 0 aromatic carbocycles. The molecule has 1 amide bonds. The van der Waals surface area contributed by atoms with E-state index in [0.29, 0.717) is 0 Å². The van der Waals surface area contributed by atoms with Crippen molar-refractivity contribution < 1.29 is 14.3 Å². The number of carbonyl (C=O) groups is 2. The Morgan fingerprint density at radius 2 is 2.06 bits per heavy atom. The maximum Gasteiger partial charge on any atom is 0.323 e. The Morgan fingerprint density at radius 3 is 2.59 bits per heavy atom. The smallest absolute Gasteiger partial charge is 0.323 e. The summed E-state index contributed by atoms with van der Waals surface area (Å²) in [5.41, 5.74) is -0.474. The molecule has 98 valence electrons. The van der Waals surface area contributed by atoms with Crippen molar-refractivity contribution in [3.8, 4) is 0 Å². The summed E-state index contributed by atoms with van der Waals surface area (Å²) in [6.45, 7) is 6.59. The molecule has 1 rings (SSSR count). The van der Waals surface area contributed by atoms with Crippen molar-refractivity contribution in [2.45, 2.75) is 45.3 Å². The first kappa shape index (κ1) is 14.0. The van der Waals surface area contributed by atoms with Crippen molar-refractivity contribution in [1.82, 2.24) is 10.2 Å². The average Bonchev–Trinajstić information content (AvgIpc) is 2.63. The molecule has 0 saturated carbocycles. The van der Waals surface area contributed by atoms with Crippen LogP contribution in [0.4, 0.5) is 0 Å². The molecule has 0 spiro atoms. The van der Waals surface area contributed by atoms with Gasteiger partial charge in [0.05, 0.1) is 6.54 Å². The minimum atomic E-state index is -0.474. The molecule has 0 bridgehead atoms.